The van der Waals surface area contributed by atoms with Crippen molar-refractivity contribution in [1.82, 2.24) is 0 Å². The lowest BCUT2D eigenvalue weighted by Gasteiger charge is -2.16. The Kier molecular flexibility index (Phi) is 4.57. The standard InChI is InChI=1S/C15H14ClF2NO/c1-9-5-6-10(16)7-14(9)20-8-13(19)11-3-2-4-12(17)15(11)18/h2-7,13H,8,19H2,1H3. The van der Waals surface area contributed by atoms with Crippen molar-refractivity contribution in [1.29, 1.82) is 0 Å². The van der Waals surface area contributed by atoms with Crippen molar-refractivity contribution in [2.45, 2.75) is 13.0 Å². The van der Waals surface area contributed by atoms with E-state index in [0.717, 1.165) is 11.6 Å². The van der Waals surface area contributed by atoms with E-state index in [-0.39, 0.29) is 12.2 Å². The molecule has 0 heterocycles. The minimum Gasteiger partial charge on any atom is -0.491 e. The molecule has 0 aliphatic carbocycles. The summed E-state index contributed by atoms with van der Waals surface area (Å²) in [6, 6.07) is 8.36. The van der Waals surface area contributed by atoms with E-state index in [0.29, 0.717) is 10.8 Å². The summed E-state index contributed by atoms with van der Waals surface area (Å²) < 4.78 is 32.3. The van der Waals surface area contributed by atoms with Crippen LogP contribution in [0.5, 0.6) is 5.75 Å². The molecule has 5 heteroatoms. The SMILES string of the molecule is Cc1ccc(Cl)cc1OCC(N)c1cccc(F)c1F. The van der Waals surface area contributed by atoms with Gasteiger partial charge in [0.25, 0.3) is 0 Å². The summed E-state index contributed by atoms with van der Waals surface area (Å²) >= 11 is 5.87. The second kappa shape index (κ2) is 6.20. The summed E-state index contributed by atoms with van der Waals surface area (Å²) in [6.45, 7) is 1.89. The third-order valence-corrected chi connectivity index (χ3v) is 3.18. The van der Waals surface area contributed by atoms with E-state index in [2.05, 4.69) is 0 Å². The molecule has 1 unspecified atom stereocenters. The number of hydrogen-bond donors (Lipinski definition) is 1. The average Bonchev–Trinajstić information content (AvgIpc) is 2.42. The summed E-state index contributed by atoms with van der Waals surface area (Å²) in [5.74, 6) is -1.28. The molecule has 0 aromatic heterocycles. The smallest absolute Gasteiger partial charge is 0.163 e. The lowest BCUT2D eigenvalue weighted by molar-refractivity contribution is 0.285. The zero-order valence-corrected chi connectivity index (χ0v) is 11.6. The Morgan fingerprint density at radius 1 is 1.25 bits per heavy atom. The number of rotatable bonds is 4. The van der Waals surface area contributed by atoms with Crippen molar-refractivity contribution in [2.24, 2.45) is 5.73 Å². The van der Waals surface area contributed by atoms with E-state index in [9.17, 15) is 8.78 Å². The molecule has 20 heavy (non-hydrogen) atoms. The Bertz CT molecular complexity index is 619. The molecule has 2 rings (SSSR count). The Morgan fingerprint density at radius 3 is 2.75 bits per heavy atom. The molecular formula is C15H14ClF2NO. The van der Waals surface area contributed by atoms with Gasteiger partial charge in [0, 0.05) is 10.6 Å². The van der Waals surface area contributed by atoms with E-state index in [4.69, 9.17) is 22.1 Å². The van der Waals surface area contributed by atoms with Crippen LogP contribution in [0.4, 0.5) is 8.78 Å². The van der Waals surface area contributed by atoms with Gasteiger partial charge in [-0.3, -0.25) is 0 Å². The summed E-state index contributed by atoms with van der Waals surface area (Å²) in [5, 5.41) is 0.538. The normalized spacial score (nSPS) is 12.2. The van der Waals surface area contributed by atoms with Gasteiger partial charge in [0.15, 0.2) is 11.6 Å². The fraction of sp³-hybridized carbons (Fsp3) is 0.200. The molecule has 0 bridgehead atoms. The van der Waals surface area contributed by atoms with Crippen molar-refractivity contribution >= 4 is 11.6 Å². The van der Waals surface area contributed by atoms with Gasteiger partial charge < -0.3 is 10.5 Å². The maximum absolute atomic E-state index is 13.6. The van der Waals surface area contributed by atoms with Crippen LogP contribution in [0.2, 0.25) is 5.02 Å². The van der Waals surface area contributed by atoms with Gasteiger partial charge in [-0.2, -0.15) is 0 Å². The molecule has 0 fully saturated rings. The van der Waals surface area contributed by atoms with Gasteiger partial charge in [-0.05, 0) is 30.7 Å². The summed E-state index contributed by atoms with van der Waals surface area (Å²) in [6.07, 6.45) is 0. The predicted octanol–water partition coefficient (Wildman–Crippen LogP) is 4.01. The number of halogens is 3. The molecule has 0 saturated heterocycles. The van der Waals surface area contributed by atoms with Crippen molar-refractivity contribution in [2.75, 3.05) is 6.61 Å². The summed E-state index contributed by atoms with van der Waals surface area (Å²) in [7, 11) is 0. The molecule has 1 atom stereocenters. The number of aryl methyl sites for hydroxylation is 1. The van der Waals surface area contributed by atoms with Crippen molar-refractivity contribution in [3.63, 3.8) is 0 Å². The van der Waals surface area contributed by atoms with Crippen molar-refractivity contribution in [3.8, 4) is 5.75 Å². The van der Waals surface area contributed by atoms with Gasteiger partial charge in [-0.15, -0.1) is 0 Å². The Hall–Kier alpha value is -1.65. The fourth-order valence-corrected chi connectivity index (χ4v) is 1.97. The second-order valence-corrected chi connectivity index (χ2v) is 4.91. The fourth-order valence-electron chi connectivity index (χ4n) is 1.81. The van der Waals surface area contributed by atoms with E-state index in [1.165, 1.54) is 12.1 Å². The van der Waals surface area contributed by atoms with Gasteiger partial charge in [-0.1, -0.05) is 29.8 Å². The molecular weight excluding hydrogens is 284 g/mol. The molecule has 0 aliphatic heterocycles. The van der Waals surface area contributed by atoms with E-state index in [1.807, 2.05) is 13.0 Å². The molecule has 0 saturated carbocycles. The van der Waals surface area contributed by atoms with E-state index < -0.39 is 17.7 Å². The first-order valence-electron chi connectivity index (χ1n) is 6.07. The average molecular weight is 298 g/mol. The molecule has 106 valence electrons. The van der Waals surface area contributed by atoms with Crippen LogP contribution in [0.1, 0.15) is 17.2 Å². The quantitative estimate of drug-likeness (QED) is 0.925. The van der Waals surface area contributed by atoms with Crippen LogP contribution in [-0.2, 0) is 0 Å². The first-order valence-corrected chi connectivity index (χ1v) is 6.45. The zero-order valence-electron chi connectivity index (χ0n) is 10.9. The van der Waals surface area contributed by atoms with Crippen LogP contribution >= 0.6 is 11.6 Å². The van der Waals surface area contributed by atoms with E-state index in [1.54, 1.807) is 12.1 Å². The number of benzene rings is 2. The van der Waals surface area contributed by atoms with Crippen LogP contribution in [-0.4, -0.2) is 6.61 Å². The Labute approximate surface area is 121 Å². The molecule has 2 aromatic rings. The zero-order chi connectivity index (χ0) is 14.7. The lowest BCUT2D eigenvalue weighted by Crippen LogP contribution is -2.21. The molecule has 0 radical (unpaired) electrons. The van der Waals surface area contributed by atoms with Gasteiger partial charge in [0.1, 0.15) is 12.4 Å². The molecule has 2 N–H and O–H groups in total. The molecule has 0 amide bonds. The van der Waals surface area contributed by atoms with Crippen LogP contribution in [0, 0.1) is 18.6 Å². The predicted molar refractivity (Wildman–Crippen MR) is 75.0 cm³/mol. The maximum atomic E-state index is 13.6. The highest BCUT2D eigenvalue weighted by molar-refractivity contribution is 6.30. The number of hydrogen-bond acceptors (Lipinski definition) is 2. The van der Waals surface area contributed by atoms with Crippen LogP contribution < -0.4 is 10.5 Å². The molecule has 2 aromatic carbocycles. The van der Waals surface area contributed by atoms with Crippen LogP contribution in [0.25, 0.3) is 0 Å². The second-order valence-electron chi connectivity index (χ2n) is 4.47. The lowest BCUT2D eigenvalue weighted by atomic mass is 10.1. The summed E-state index contributed by atoms with van der Waals surface area (Å²) in [4.78, 5) is 0. The van der Waals surface area contributed by atoms with Gasteiger partial charge in [0.05, 0.1) is 6.04 Å². The van der Waals surface area contributed by atoms with Gasteiger partial charge in [0.2, 0.25) is 0 Å². The van der Waals surface area contributed by atoms with E-state index >= 15 is 0 Å². The highest BCUT2D eigenvalue weighted by atomic mass is 35.5. The van der Waals surface area contributed by atoms with Crippen molar-refractivity contribution in [3.05, 3.63) is 64.2 Å². The minimum absolute atomic E-state index is 0.0293. The maximum Gasteiger partial charge on any atom is 0.163 e. The summed E-state index contributed by atoms with van der Waals surface area (Å²) in [5.41, 5.74) is 6.81. The van der Waals surface area contributed by atoms with Gasteiger partial charge in [-0.25, -0.2) is 8.78 Å². The van der Waals surface area contributed by atoms with Crippen LogP contribution in [0.3, 0.4) is 0 Å². The van der Waals surface area contributed by atoms with Gasteiger partial charge >= 0.3 is 0 Å². The topological polar surface area (TPSA) is 35.2 Å². The Balaban J connectivity index is 2.10. The van der Waals surface area contributed by atoms with Crippen LogP contribution in [0.15, 0.2) is 36.4 Å². The monoisotopic (exact) mass is 297 g/mol. The first-order chi connectivity index (χ1) is 9.49. The first kappa shape index (κ1) is 14.8. The highest BCUT2D eigenvalue weighted by Gasteiger charge is 2.15. The number of ether oxygens (including phenoxy) is 1. The molecule has 0 spiro atoms. The minimum atomic E-state index is -0.939. The number of nitrogens with two attached hydrogens (primary N) is 1. The third-order valence-electron chi connectivity index (χ3n) is 2.95. The molecule has 0 aliphatic rings. The largest absolute Gasteiger partial charge is 0.491 e. The third kappa shape index (κ3) is 3.26. The Morgan fingerprint density at radius 2 is 2.00 bits per heavy atom. The highest BCUT2D eigenvalue weighted by Crippen LogP contribution is 2.24. The van der Waals surface area contributed by atoms with Crippen molar-refractivity contribution < 1.29 is 13.5 Å². The molecule has 2 nitrogen and oxygen atoms in total.